The van der Waals surface area contributed by atoms with Gasteiger partial charge in [-0.05, 0) is 62.7 Å². The summed E-state index contributed by atoms with van der Waals surface area (Å²) >= 11 is 0. The topological polar surface area (TPSA) is 49.7 Å². The van der Waals surface area contributed by atoms with Crippen LogP contribution in [0.15, 0.2) is 42.5 Å². The van der Waals surface area contributed by atoms with Crippen molar-refractivity contribution in [2.24, 2.45) is 0 Å². The third-order valence-electron chi connectivity index (χ3n) is 4.75. The van der Waals surface area contributed by atoms with Crippen LogP contribution in [0.5, 0.6) is 11.5 Å². The largest absolute Gasteiger partial charge is 0.497 e. The van der Waals surface area contributed by atoms with Gasteiger partial charge in [-0.2, -0.15) is 0 Å². The van der Waals surface area contributed by atoms with E-state index in [2.05, 4.69) is 11.5 Å². The Labute approximate surface area is 165 Å². The van der Waals surface area contributed by atoms with Crippen molar-refractivity contribution in [3.05, 3.63) is 53.7 Å². The first kappa shape index (κ1) is 19.8. The molecule has 0 aliphatic carbocycles. The number of benzene rings is 2. The molecule has 3 rings (SSSR count). The summed E-state index contributed by atoms with van der Waals surface area (Å²) < 4.78 is 18.5. The number of carbonyl (C=O) groups is 1. The van der Waals surface area contributed by atoms with Crippen LogP contribution in [0.4, 0.5) is 0 Å². The molecule has 148 valence electrons. The normalized spacial score (nSPS) is 10.9. The number of methoxy groups -OCH3 is 1. The Kier molecular flexibility index (Phi) is 6.24. The average molecular weight is 381 g/mol. The zero-order valence-electron chi connectivity index (χ0n) is 17.0. The van der Waals surface area contributed by atoms with Crippen LogP contribution in [0.2, 0.25) is 0 Å². The summed E-state index contributed by atoms with van der Waals surface area (Å²) in [6.07, 6.45) is 2.07. The van der Waals surface area contributed by atoms with E-state index in [-0.39, 0.29) is 5.97 Å². The molecule has 0 spiro atoms. The van der Waals surface area contributed by atoms with Crippen LogP contribution in [-0.4, -0.2) is 30.9 Å². The predicted molar refractivity (Wildman–Crippen MR) is 111 cm³/mol. The molecule has 0 amide bonds. The Hall–Kier alpha value is -2.95. The van der Waals surface area contributed by atoms with Crippen LogP contribution in [0.3, 0.4) is 0 Å². The van der Waals surface area contributed by atoms with Crippen molar-refractivity contribution in [2.45, 2.75) is 33.6 Å². The molecule has 0 saturated heterocycles. The van der Waals surface area contributed by atoms with Crippen molar-refractivity contribution in [2.75, 3.05) is 20.3 Å². The number of fused-ring (bicyclic) bond motifs is 1. The quantitative estimate of drug-likeness (QED) is 0.392. The van der Waals surface area contributed by atoms with Crippen molar-refractivity contribution in [1.29, 1.82) is 0 Å². The van der Waals surface area contributed by atoms with Crippen LogP contribution in [0.1, 0.15) is 42.7 Å². The molecule has 0 aliphatic heterocycles. The van der Waals surface area contributed by atoms with Gasteiger partial charge in [0.1, 0.15) is 11.5 Å². The third-order valence-corrected chi connectivity index (χ3v) is 4.75. The number of carbonyl (C=O) groups excluding carboxylic acids is 1. The minimum atomic E-state index is -0.317. The fraction of sp³-hybridized carbons (Fsp3) is 0.348. The monoisotopic (exact) mass is 381 g/mol. The number of unbranched alkanes of at least 4 members (excludes halogenated alkanes) is 1. The maximum atomic E-state index is 12.7. The van der Waals surface area contributed by atoms with Gasteiger partial charge >= 0.3 is 5.97 Å². The molecule has 1 aromatic heterocycles. The smallest absolute Gasteiger partial charge is 0.340 e. The van der Waals surface area contributed by atoms with Crippen molar-refractivity contribution in [3.8, 4) is 17.2 Å². The van der Waals surface area contributed by atoms with Gasteiger partial charge in [-0.3, -0.25) is 0 Å². The van der Waals surface area contributed by atoms with E-state index in [1.165, 1.54) is 0 Å². The molecule has 5 nitrogen and oxygen atoms in total. The van der Waals surface area contributed by atoms with E-state index < -0.39 is 0 Å². The van der Waals surface area contributed by atoms with E-state index in [1.54, 1.807) is 7.11 Å². The van der Waals surface area contributed by atoms with E-state index in [0.717, 1.165) is 46.6 Å². The van der Waals surface area contributed by atoms with Gasteiger partial charge in [-0.25, -0.2) is 4.79 Å². The molecule has 0 aliphatic rings. The third kappa shape index (κ3) is 3.84. The van der Waals surface area contributed by atoms with Crippen LogP contribution in [0, 0.1) is 6.92 Å². The molecule has 0 radical (unpaired) electrons. The second-order valence-electron chi connectivity index (χ2n) is 6.60. The Morgan fingerprint density at radius 2 is 1.75 bits per heavy atom. The summed E-state index contributed by atoms with van der Waals surface area (Å²) in [7, 11) is 1.64. The van der Waals surface area contributed by atoms with Crippen molar-refractivity contribution >= 4 is 16.9 Å². The first-order valence-electron chi connectivity index (χ1n) is 9.70. The summed E-state index contributed by atoms with van der Waals surface area (Å²) in [5.74, 6) is 1.23. The molecule has 1 heterocycles. The average Bonchev–Trinajstić information content (AvgIpc) is 2.99. The number of ether oxygens (including phenoxy) is 3. The molecule has 0 unspecified atom stereocenters. The number of aromatic nitrogens is 1. The molecule has 0 fully saturated rings. The van der Waals surface area contributed by atoms with Crippen molar-refractivity contribution in [3.63, 3.8) is 0 Å². The van der Waals surface area contributed by atoms with Gasteiger partial charge in [0.05, 0.1) is 31.4 Å². The Balaban J connectivity index is 2.14. The molecular weight excluding hydrogens is 354 g/mol. The van der Waals surface area contributed by atoms with Crippen LogP contribution >= 0.6 is 0 Å². The summed E-state index contributed by atoms with van der Waals surface area (Å²) in [6.45, 7) is 6.88. The van der Waals surface area contributed by atoms with E-state index in [9.17, 15) is 4.79 Å². The van der Waals surface area contributed by atoms with Crippen LogP contribution in [-0.2, 0) is 4.74 Å². The lowest BCUT2D eigenvalue weighted by atomic mass is 10.1. The summed E-state index contributed by atoms with van der Waals surface area (Å²) in [4.78, 5) is 12.7. The molecule has 0 atom stereocenters. The highest BCUT2D eigenvalue weighted by Gasteiger charge is 2.22. The Bertz CT molecular complexity index is 957. The molecule has 28 heavy (non-hydrogen) atoms. The Morgan fingerprint density at radius 1 is 1.04 bits per heavy atom. The lowest BCUT2D eigenvalue weighted by Gasteiger charge is -2.10. The Morgan fingerprint density at radius 3 is 2.39 bits per heavy atom. The molecular formula is C23H27NO4. The summed E-state index contributed by atoms with van der Waals surface area (Å²) in [5, 5.41) is 0.834. The van der Waals surface area contributed by atoms with E-state index in [4.69, 9.17) is 14.2 Å². The van der Waals surface area contributed by atoms with E-state index >= 15 is 0 Å². The number of hydrogen-bond acceptors (Lipinski definition) is 4. The molecule has 2 aromatic carbocycles. The molecule has 0 bridgehead atoms. The van der Waals surface area contributed by atoms with Gasteiger partial charge in [0.2, 0.25) is 0 Å². The highest BCUT2D eigenvalue weighted by molar-refractivity contribution is 6.07. The van der Waals surface area contributed by atoms with Crippen LogP contribution < -0.4 is 9.47 Å². The zero-order valence-corrected chi connectivity index (χ0v) is 17.0. The maximum absolute atomic E-state index is 12.7. The van der Waals surface area contributed by atoms with Gasteiger partial charge in [0.25, 0.3) is 0 Å². The van der Waals surface area contributed by atoms with Crippen LogP contribution in [0.25, 0.3) is 16.6 Å². The van der Waals surface area contributed by atoms with Crippen molar-refractivity contribution < 1.29 is 19.0 Å². The maximum Gasteiger partial charge on any atom is 0.340 e. The van der Waals surface area contributed by atoms with Gasteiger partial charge in [-0.15, -0.1) is 0 Å². The summed E-state index contributed by atoms with van der Waals surface area (Å²) in [6, 6.07) is 13.7. The van der Waals surface area contributed by atoms with E-state index in [1.807, 2.05) is 56.3 Å². The highest BCUT2D eigenvalue weighted by atomic mass is 16.5. The fourth-order valence-corrected chi connectivity index (χ4v) is 3.35. The number of esters is 1. The standard InChI is InChI=1S/C23H27NO4/c1-5-7-14-28-19-12-13-21-20(15-19)22(23(25)27-6-2)16(3)24(21)17-8-10-18(26-4)11-9-17/h8-13,15H,5-7,14H2,1-4H3. The van der Waals surface area contributed by atoms with E-state index in [0.29, 0.717) is 18.8 Å². The van der Waals surface area contributed by atoms with Gasteiger partial charge < -0.3 is 18.8 Å². The molecule has 3 aromatic rings. The first-order valence-corrected chi connectivity index (χ1v) is 9.70. The first-order chi connectivity index (χ1) is 13.6. The molecule has 5 heteroatoms. The lowest BCUT2D eigenvalue weighted by Crippen LogP contribution is -2.07. The minimum Gasteiger partial charge on any atom is -0.497 e. The predicted octanol–water partition coefficient (Wildman–Crippen LogP) is 5.30. The number of rotatable bonds is 8. The molecule has 0 saturated carbocycles. The number of nitrogens with zero attached hydrogens (tertiary/aromatic N) is 1. The lowest BCUT2D eigenvalue weighted by molar-refractivity contribution is 0.0527. The second-order valence-corrected chi connectivity index (χ2v) is 6.60. The second kappa shape index (κ2) is 8.83. The SMILES string of the molecule is CCCCOc1ccc2c(c1)c(C(=O)OCC)c(C)n2-c1ccc(OC)cc1. The van der Waals surface area contributed by atoms with Gasteiger partial charge in [0, 0.05) is 16.8 Å². The molecule has 0 N–H and O–H groups in total. The fourth-order valence-electron chi connectivity index (χ4n) is 3.35. The summed E-state index contributed by atoms with van der Waals surface area (Å²) in [5.41, 5.74) is 3.31. The van der Waals surface area contributed by atoms with Gasteiger partial charge in [-0.1, -0.05) is 13.3 Å². The highest BCUT2D eigenvalue weighted by Crippen LogP contribution is 2.33. The van der Waals surface area contributed by atoms with Gasteiger partial charge in [0.15, 0.2) is 0 Å². The zero-order chi connectivity index (χ0) is 20.1. The minimum absolute atomic E-state index is 0.317. The number of hydrogen-bond donors (Lipinski definition) is 0. The van der Waals surface area contributed by atoms with Crippen molar-refractivity contribution in [1.82, 2.24) is 4.57 Å².